The molecule has 1 aromatic heterocycles. The number of rotatable bonds is 2. The monoisotopic (exact) mass is 277 g/mol. The number of halogens is 2. The van der Waals surface area contributed by atoms with Crippen molar-refractivity contribution in [3.63, 3.8) is 0 Å². The predicted molar refractivity (Wildman–Crippen MR) is 73.4 cm³/mol. The molecular weight excluding hydrogens is 260 g/mol. The van der Waals surface area contributed by atoms with Crippen molar-refractivity contribution in [3.8, 4) is 11.3 Å². The topological polar surface area (TPSA) is 29.9 Å². The fourth-order valence-electron chi connectivity index (χ4n) is 2.78. The molecule has 0 atom stereocenters. The molecule has 0 amide bonds. The number of benzene rings is 1. The summed E-state index contributed by atoms with van der Waals surface area (Å²) in [5.41, 5.74) is 1.11. The highest BCUT2D eigenvalue weighted by molar-refractivity contribution is 5.59. The summed E-state index contributed by atoms with van der Waals surface area (Å²) in [6, 6.07) is 3.51. The van der Waals surface area contributed by atoms with E-state index in [0.717, 1.165) is 37.8 Å². The van der Waals surface area contributed by atoms with Crippen molar-refractivity contribution >= 4 is 0 Å². The molecule has 20 heavy (non-hydrogen) atoms. The average Bonchev–Trinajstić information content (AvgIpc) is 2.81. The van der Waals surface area contributed by atoms with Crippen LogP contribution >= 0.6 is 0 Å². The van der Waals surface area contributed by atoms with Gasteiger partial charge in [-0.2, -0.15) is 0 Å². The van der Waals surface area contributed by atoms with Gasteiger partial charge in [0.2, 0.25) is 0 Å². The second-order valence-electron chi connectivity index (χ2n) is 5.28. The molecule has 1 fully saturated rings. The lowest BCUT2D eigenvalue weighted by molar-refractivity contribution is 0.437. The van der Waals surface area contributed by atoms with Gasteiger partial charge in [-0.15, -0.1) is 0 Å². The third kappa shape index (κ3) is 2.58. The number of nitrogens with zero attached hydrogens (tertiary/aromatic N) is 2. The second kappa shape index (κ2) is 5.32. The first-order chi connectivity index (χ1) is 9.63. The molecule has 1 N–H and O–H groups in total. The first kappa shape index (κ1) is 13.2. The normalized spacial score (nSPS) is 16.6. The zero-order valence-corrected chi connectivity index (χ0v) is 11.4. The molecule has 0 radical (unpaired) electrons. The zero-order valence-electron chi connectivity index (χ0n) is 11.4. The van der Waals surface area contributed by atoms with E-state index in [4.69, 9.17) is 0 Å². The van der Waals surface area contributed by atoms with Crippen LogP contribution in [0.25, 0.3) is 11.3 Å². The van der Waals surface area contributed by atoms with E-state index in [1.54, 1.807) is 0 Å². The lowest BCUT2D eigenvalue weighted by atomic mass is 9.97. The van der Waals surface area contributed by atoms with Crippen molar-refractivity contribution in [2.45, 2.75) is 18.8 Å². The maximum absolute atomic E-state index is 13.3. The van der Waals surface area contributed by atoms with Crippen LogP contribution in [0.5, 0.6) is 0 Å². The van der Waals surface area contributed by atoms with Gasteiger partial charge in [0.1, 0.15) is 17.5 Å². The molecule has 0 spiro atoms. The Morgan fingerprint density at radius 1 is 1.15 bits per heavy atom. The van der Waals surface area contributed by atoms with Gasteiger partial charge >= 0.3 is 0 Å². The fourth-order valence-corrected chi connectivity index (χ4v) is 2.78. The predicted octanol–water partition coefficient (Wildman–Crippen LogP) is 2.83. The standard InChI is InChI=1S/C15H17F2N3/c1-20-9-14(11-6-12(16)8-13(17)7-11)19-15(20)10-2-4-18-5-3-10/h6-10,18H,2-5H2,1H3. The number of aryl methyl sites for hydroxylation is 1. The molecule has 5 heteroatoms. The zero-order chi connectivity index (χ0) is 14.1. The van der Waals surface area contributed by atoms with Crippen LogP contribution in [-0.4, -0.2) is 22.6 Å². The maximum atomic E-state index is 13.3. The molecule has 0 saturated carbocycles. The van der Waals surface area contributed by atoms with Gasteiger partial charge in [0, 0.05) is 30.8 Å². The fraction of sp³-hybridized carbons (Fsp3) is 0.400. The van der Waals surface area contributed by atoms with Crippen molar-refractivity contribution in [3.05, 3.63) is 41.9 Å². The van der Waals surface area contributed by atoms with Crippen LogP contribution in [0.15, 0.2) is 24.4 Å². The Labute approximate surface area is 116 Å². The summed E-state index contributed by atoms with van der Waals surface area (Å²) in [4.78, 5) is 4.59. The average molecular weight is 277 g/mol. The van der Waals surface area contributed by atoms with E-state index in [9.17, 15) is 8.78 Å². The number of hydrogen-bond acceptors (Lipinski definition) is 2. The van der Waals surface area contributed by atoms with Crippen LogP contribution in [0, 0.1) is 11.6 Å². The lowest BCUT2D eigenvalue weighted by Crippen LogP contribution is -2.27. The first-order valence-corrected chi connectivity index (χ1v) is 6.84. The van der Waals surface area contributed by atoms with Crippen LogP contribution in [-0.2, 0) is 7.05 Å². The van der Waals surface area contributed by atoms with E-state index in [1.807, 2.05) is 17.8 Å². The van der Waals surface area contributed by atoms with Gasteiger partial charge < -0.3 is 9.88 Å². The molecule has 3 rings (SSSR count). The smallest absolute Gasteiger partial charge is 0.126 e. The van der Waals surface area contributed by atoms with E-state index in [0.29, 0.717) is 17.2 Å². The molecule has 3 nitrogen and oxygen atoms in total. The first-order valence-electron chi connectivity index (χ1n) is 6.84. The second-order valence-corrected chi connectivity index (χ2v) is 5.28. The summed E-state index contributed by atoms with van der Waals surface area (Å²) in [7, 11) is 1.93. The third-order valence-corrected chi connectivity index (χ3v) is 3.77. The van der Waals surface area contributed by atoms with E-state index in [2.05, 4.69) is 10.3 Å². The highest BCUT2D eigenvalue weighted by Crippen LogP contribution is 2.28. The summed E-state index contributed by atoms with van der Waals surface area (Å²) < 4.78 is 28.6. The van der Waals surface area contributed by atoms with Crippen molar-refractivity contribution < 1.29 is 8.78 Å². The van der Waals surface area contributed by atoms with Crippen molar-refractivity contribution in [1.82, 2.24) is 14.9 Å². The van der Waals surface area contributed by atoms with Crippen LogP contribution in [0.4, 0.5) is 8.78 Å². The minimum atomic E-state index is -0.575. The highest BCUT2D eigenvalue weighted by Gasteiger charge is 2.20. The summed E-state index contributed by atoms with van der Waals surface area (Å²) in [6.07, 6.45) is 3.93. The molecule has 1 aliphatic heterocycles. The van der Waals surface area contributed by atoms with Crippen molar-refractivity contribution in [2.24, 2.45) is 7.05 Å². The van der Waals surface area contributed by atoms with Crippen molar-refractivity contribution in [1.29, 1.82) is 0 Å². The van der Waals surface area contributed by atoms with E-state index >= 15 is 0 Å². The Bertz CT molecular complexity index is 595. The lowest BCUT2D eigenvalue weighted by Gasteiger charge is -2.21. The maximum Gasteiger partial charge on any atom is 0.126 e. The molecule has 106 valence electrons. The Balaban J connectivity index is 1.95. The van der Waals surface area contributed by atoms with Crippen LogP contribution in [0.1, 0.15) is 24.6 Å². The van der Waals surface area contributed by atoms with Gasteiger partial charge in [-0.1, -0.05) is 0 Å². The van der Waals surface area contributed by atoms with Gasteiger partial charge in [0.25, 0.3) is 0 Å². The van der Waals surface area contributed by atoms with Crippen LogP contribution in [0.2, 0.25) is 0 Å². The largest absolute Gasteiger partial charge is 0.337 e. The van der Waals surface area contributed by atoms with Gasteiger partial charge in [0.05, 0.1) is 5.69 Å². The molecular formula is C15H17F2N3. The highest BCUT2D eigenvalue weighted by atomic mass is 19.1. The SMILES string of the molecule is Cn1cc(-c2cc(F)cc(F)c2)nc1C1CCNCC1. The minimum absolute atomic E-state index is 0.411. The van der Waals surface area contributed by atoms with Crippen molar-refractivity contribution in [2.75, 3.05) is 13.1 Å². The number of hydrogen-bond donors (Lipinski definition) is 1. The van der Waals surface area contributed by atoms with E-state index in [-0.39, 0.29) is 0 Å². The summed E-state index contributed by atoms with van der Waals surface area (Å²) in [5, 5.41) is 3.32. The Morgan fingerprint density at radius 2 is 1.80 bits per heavy atom. The molecule has 1 aliphatic rings. The van der Waals surface area contributed by atoms with Gasteiger partial charge in [-0.3, -0.25) is 0 Å². The van der Waals surface area contributed by atoms with E-state index in [1.165, 1.54) is 12.1 Å². The molecule has 0 bridgehead atoms. The number of nitrogens with one attached hydrogen (secondary N) is 1. The van der Waals surface area contributed by atoms with Gasteiger partial charge in [-0.05, 0) is 38.1 Å². The molecule has 0 unspecified atom stereocenters. The van der Waals surface area contributed by atoms with Gasteiger partial charge in [0.15, 0.2) is 0 Å². The van der Waals surface area contributed by atoms with Crippen LogP contribution in [0.3, 0.4) is 0 Å². The summed E-state index contributed by atoms with van der Waals surface area (Å²) in [5.74, 6) is 0.253. The summed E-state index contributed by atoms with van der Waals surface area (Å²) in [6.45, 7) is 1.98. The molecule has 1 aromatic carbocycles. The number of imidazole rings is 1. The Kier molecular flexibility index (Phi) is 3.53. The summed E-state index contributed by atoms with van der Waals surface area (Å²) >= 11 is 0. The van der Waals surface area contributed by atoms with Crippen LogP contribution < -0.4 is 5.32 Å². The Morgan fingerprint density at radius 3 is 2.45 bits per heavy atom. The Hall–Kier alpha value is -1.75. The number of aromatic nitrogens is 2. The molecule has 2 aromatic rings. The minimum Gasteiger partial charge on any atom is -0.337 e. The number of piperidine rings is 1. The molecule has 1 saturated heterocycles. The van der Waals surface area contributed by atoms with E-state index < -0.39 is 11.6 Å². The molecule has 0 aliphatic carbocycles. The molecule has 2 heterocycles. The third-order valence-electron chi connectivity index (χ3n) is 3.77. The van der Waals surface area contributed by atoms with Gasteiger partial charge in [-0.25, -0.2) is 13.8 Å². The quantitative estimate of drug-likeness (QED) is 0.914.